The first kappa shape index (κ1) is 18.8. The molecule has 0 aliphatic carbocycles. The number of benzene rings is 2. The Balaban J connectivity index is 2.30. The lowest BCUT2D eigenvalue weighted by atomic mass is 9.91. The van der Waals surface area contributed by atoms with Crippen LogP contribution >= 0.6 is 0 Å². The SMILES string of the molecule is C=CCN(CC(c1ccccc1)c1ccccc1)C(=O)OC(C)(C)C. The molecule has 2 aromatic rings. The summed E-state index contributed by atoms with van der Waals surface area (Å²) in [6.45, 7) is 10.4. The molecule has 0 fully saturated rings. The smallest absolute Gasteiger partial charge is 0.410 e. The molecule has 0 bridgehead atoms. The number of carbonyl (C=O) groups is 1. The maximum atomic E-state index is 12.6. The normalized spacial score (nSPS) is 11.2. The van der Waals surface area contributed by atoms with Crippen molar-refractivity contribution in [2.75, 3.05) is 13.1 Å². The van der Waals surface area contributed by atoms with Gasteiger partial charge in [0.25, 0.3) is 0 Å². The van der Waals surface area contributed by atoms with Crippen LogP contribution in [0.3, 0.4) is 0 Å². The number of hydrogen-bond acceptors (Lipinski definition) is 2. The fourth-order valence-electron chi connectivity index (χ4n) is 2.70. The Morgan fingerprint density at radius 3 is 1.92 bits per heavy atom. The van der Waals surface area contributed by atoms with Crippen LogP contribution in [-0.4, -0.2) is 29.7 Å². The van der Waals surface area contributed by atoms with Crippen LogP contribution in [-0.2, 0) is 4.74 Å². The van der Waals surface area contributed by atoms with Crippen molar-refractivity contribution in [2.24, 2.45) is 0 Å². The van der Waals surface area contributed by atoms with E-state index >= 15 is 0 Å². The van der Waals surface area contributed by atoms with Crippen molar-refractivity contribution in [3.05, 3.63) is 84.4 Å². The van der Waals surface area contributed by atoms with E-state index in [2.05, 4.69) is 30.8 Å². The van der Waals surface area contributed by atoms with Crippen molar-refractivity contribution < 1.29 is 9.53 Å². The van der Waals surface area contributed by atoms with E-state index in [0.717, 1.165) is 0 Å². The van der Waals surface area contributed by atoms with E-state index < -0.39 is 5.60 Å². The molecule has 0 saturated carbocycles. The van der Waals surface area contributed by atoms with Crippen molar-refractivity contribution in [1.29, 1.82) is 0 Å². The van der Waals surface area contributed by atoms with Gasteiger partial charge in [-0.1, -0.05) is 66.7 Å². The Morgan fingerprint density at radius 1 is 1.04 bits per heavy atom. The van der Waals surface area contributed by atoms with Crippen LogP contribution in [0.15, 0.2) is 73.3 Å². The lowest BCUT2D eigenvalue weighted by Gasteiger charge is -2.30. The Hall–Kier alpha value is -2.55. The van der Waals surface area contributed by atoms with Crippen molar-refractivity contribution in [2.45, 2.75) is 32.3 Å². The fraction of sp³-hybridized carbons (Fsp3) is 0.318. The average molecular weight is 337 g/mol. The summed E-state index contributed by atoms with van der Waals surface area (Å²) >= 11 is 0. The zero-order chi connectivity index (χ0) is 18.3. The van der Waals surface area contributed by atoms with Crippen LogP contribution in [0, 0.1) is 0 Å². The van der Waals surface area contributed by atoms with Crippen LogP contribution < -0.4 is 0 Å². The Labute approximate surface area is 150 Å². The molecule has 2 aromatic carbocycles. The largest absolute Gasteiger partial charge is 0.444 e. The number of rotatable bonds is 6. The number of amides is 1. The summed E-state index contributed by atoms with van der Waals surface area (Å²) in [5.74, 6) is 0.0786. The second-order valence-electron chi connectivity index (χ2n) is 7.05. The maximum Gasteiger partial charge on any atom is 0.410 e. The topological polar surface area (TPSA) is 29.5 Å². The molecule has 0 aromatic heterocycles. The van der Waals surface area contributed by atoms with Crippen molar-refractivity contribution >= 4 is 6.09 Å². The maximum absolute atomic E-state index is 12.6. The predicted octanol–water partition coefficient (Wildman–Crippen LogP) is 5.24. The minimum absolute atomic E-state index is 0.0786. The van der Waals surface area contributed by atoms with Crippen molar-refractivity contribution in [3.63, 3.8) is 0 Å². The van der Waals surface area contributed by atoms with Crippen LogP contribution in [0.25, 0.3) is 0 Å². The fourth-order valence-corrected chi connectivity index (χ4v) is 2.70. The summed E-state index contributed by atoms with van der Waals surface area (Å²) in [7, 11) is 0. The van der Waals surface area contributed by atoms with Gasteiger partial charge in [0.15, 0.2) is 0 Å². The molecule has 3 heteroatoms. The summed E-state index contributed by atoms with van der Waals surface area (Å²) in [5.41, 5.74) is 1.82. The average Bonchev–Trinajstić information content (AvgIpc) is 2.58. The summed E-state index contributed by atoms with van der Waals surface area (Å²) in [6.07, 6.45) is 1.42. The summed E-state index contributed by atoms with van der Waals surface area (Å²) in [5, 5.41) is 0. The molecule has 132 valence electrons. The van der Waals surface area contributed by atoms with Gasteiger partial charge in [-0.2, -0.15) is 0 Å². The Morgan fingerprint density at radius 2 is 1.52 bits per heavy atom. The first-order chi connectivity index (χ1) is 11.9. The molecule has 25 heavy (non-hydrogen) atoms. The zero-order valence-corrected chi connectivity index (χ0v) is 15.3. The molecule has 2 rings (SSSR count). The number of hydrogen-bond donors (Lipinski definition) is 0. The summed E-state index contributed by atoms with van der Waals surface area (Å²) in [6, 6.07) is 20.5. The molecule has 1 amide bonds. The van der Waals surface area contributed by atoms with Gasteiger partial charge < -0.3 is 9.64 Å². The van der Waals surface area contributed by atoms with E-state index in [0.29, 0.717) is 13.1 Å². The minimum Gasteiger partial charge on any atom is -0.444 e. The van der Waals surface area contributed by atoms with E-state index in [-0.39, 0.29) is 12.0 Å². The van der Waals surface area contributed by atoms with Crippen LogP contribution in [0.1, 0.15) is 37.8 Å². The monoisotopic (exact) mass is 337 g/mol. The van der Waals surface area contributed by atoms with E-state index in [4.69, 9.17) is 4.74 Å². The minimum atomic E-state index is -0.522. The second-order valence-corrected chi connectivity index (χ2v) is 7.05. The van der Waals surface area contributed by atoms with Gasteiger partial charge in [0.05, 0.1) is 0 Å². The van der Waals surface area contributed by atoms with Gasteiger partial charge in [-0.3, -0.25) is 0 Å². The third-order valence-electron chi connectivity index (χ3n) is 3.81. The highest BCUT2D eigenvalue weighted by atomic mass is 16.6. The molecule has 0 spiro atoms. The third-order valence-corrected chi connectivity index (χ3v) is 3.81. The van der Waals surface area contributed by atoms with Gasteiger partial charge in [-0.25, -0.2) is 4.79 Å². The molecule has 0 N–H and O–H groups in total. The molecule has 0 saturated heterocycles. The first-order valence-electron chi connectivity index (χ1n) is 8.59. The predicted molar refractivity (Wildman–Crippen MR) is 103 cm³/mol. The quantitative estimate of drug-likeness (QED) is 0.675. The standard InChI is InChI=1S/C22H27NO2/c1-5-16-23(21(24)25-22(2,3)4)17-20(18-12-8-6-9-13-18)19-14-10-7-11-15-19/h5-15,20H,1,16-17H2,2-4H3. The van der Waals surface area contributed by atoms with Crippen molar-refractivity contribution in [3.8, 4) is 0 Å². The van der Waals surface area contributed by atoms with Gasteiger partial charge in [-0.05, 0) is 31.9 Å². The molecule has 0 aliphatic rings. The van der Waals surface area contributed by atoms with Crippen LogP contribution in [0.2, 0.25) is 0 Å². The van der Waals surface area contributed by atoms with Crippen molar-refractivity contribution in [1.82, 2.24) is 4.90 Å². The van der Waals surface area contributed by atoms with E-state index in [1.165, 1.54) is 11.1 Å². The molecular weight excluding hydrogens is 310 g/mol. The number of carbonyl (C=O) groups excluding carboxylic acids is 1. The highest BCUT2D eigenvalue weighted by Gasteiger charge is 2.25. The highest BCUT2D eigenvalue weighted by Crippen LogP contribution is 2.26. The molecule has 0 unspecified atom stereocenters. The number of ether oxygens (including phenoxy) is 1. The van der Waals surface area contributed by atoms with Crippen LogP contribution in [0.5, 0.6) is 0 Å². The number of nitrogens with zero attached hydrogens (tertiary/aromatic N) is 1. The Kier molecular flexibility index (Phi) is 6.40. The Bertz CT molecular complexity index is 635. The zero-order valence-electron chi connectivity index (χ0n) is 15.3. The van der Waals surface area contributed by atoms with E-state index in [9.17, 15) is 4.79 Å². The summed E-state index contributed by atoms with van der Waals surface area (Å²) in [4.78, 5) is 14.3. The van der Waals surface area contributed by atoms with Gasteiger partial charge in [0.2, 0.25) is 0 Å². The van der Waals surface area contributed by atoms with Gasteiger partial charge in [-0.15, -0.1) is 6.58 Å². The lowest BCUT2D eigenvalue weighted by molar-refractivity contribution is 0.0266. The molecule has 0 aliphatic heterocycles. The van der Waals surface area contributed by atoms with Gasteiger partial charge in [0, 0.05) is 19.0 Å². The first-order valence-corrected chi connectivity index (χ1v) is 8.59. The van der Waals surface area contributed by atoms with Crippen LogP contribution in [0.4, 0.5) is 4.79 Å². The molecule has 0 atom stereocenters. The van der Waals surface area contributed by atoms with Gasteiger partial charge in [0.1, 0.15) is 5.60 Å². The highest BCUT2D eigenvalue weighted by molar-refractivity contribution is 5.68. The summed E-state index contributed by atoms with van der Waals surface area (Å²) < 4.78 is 5.56. The molecular formula is C22H27NO2. The van der Waals surface area contributed by atoms with E-state index in [1.807, 2.05) is 57.2 Å². The molecule has 0 radical (unpaired) electrons. The molecule has 3 nitrogen and oxygen atoms in total. The molecule has 0 heterocycles. The van der Waals surface area contributed by atoms with E-state index in [1.54, 1.807) is 11.0 Å². The van der Waals surface area contributed by atoms with Gasteiger partial charge >= 0.3 is 6.09 Å². The lowest BCUT2D eigenvalue weighted by Crippen LogP contribution is -2.39. The third kappa shape index (κ3) is 5.79. The second kappa shape index (κ2) is 8.52.